The molecule has 1 atom stereocenters. The minimum Gasteiger partial charge on any atom is -0.314 e. The van der Waals surface area contributed by atoms with Crippen molar-refractivity contribution in [1.29, 1.82) is 0 Å². The first-order chi connectivity index (χ1) is 7.60. The third kappa shape index (κ3) is 3.30. The van der Waals surface area contributed by atoms with Crippen LogP contribution in [0.1, 0.15) is 58.1 Å². The van der Waals surface area contributed by atoms with E-state index in [2.05, 4.69) is 58.4 Å². The lowest BCUT2D eigenvalue weighted by atomic mass is 10.1. The van der Waals surface area contributed by atoms with Gasteiger partial charge in [0.05, 0.1) is 5.33 Å². The van der Waals surface area contributed by atoms with Crippen LogP contribution in [0.3, 0.4) is 0 Å². The van der Waals surface area contributed by atoms with Gasteiger partial charge in [0.1, 0.15) is 11.6 Å². The minimum absolute atomic E-state index is 0.504. The lowest BCUT2D eigenvalue weighted by Gasteiger charge is -2.15. The molecule has 3 nitrogen and oxygen atoms in total. The van der Waals surface area contributed by atoms with Crippen molar-refractivity contribution in [1.82, 2.24) is 14.8 Å². The Balaban J connectivity index is 2.94. The predicted octanol–water partition coefficient (Wildman–Crippen LogP) is 3.73. The lowest BCUT2D eigenvalue weighted by molar-refractivity contribution is 0.477. The van der Waals surface area contributed by atoms with E-state index >= 15 is 0 Å². The second-order valence-electron chi connectivity index (χ2n) is 4.80. The molecule has 1 aromatic rings. The summed E-state index contributed by atoms with van der Waals surface area (Å²) in [5.41, 5.74) is 0. The maximum Gasteiger partial charge on any atom is 0.143 e. The zero-order valence-corrected chi connectivity index (χ0v) is 12.3. The minimum atomic E-state index is 0.504. The van der Waals surface area contributed by atoms with Crippen molar-refractivity contribution in [3.05, 3.63) is 11.6 Å². The van der Waals surface area contributed by atoms with Crippen molar-refractivity contribution >= 4 is 15.9 Å². The molecule has 0 aliphatic carbocycles. The molecule has 1 rings (SSSR count). The van der Waals surface area contributed by atoms with E-state index in [1.165, 1.54) is 12.8 Å². The van der Waals surface area contributed by atoms with Crippen molar-refractivity contribution in [2.75, 3.05) is 0 Å². The molecule has 0 fully saturated rings. The molecule has 0 saturated heterocycles. The Morgan fingerprint density at radius 3 is 2.44 bits per heavy atom. The monoisotopic (exact) mass is 287 g/mol. The fourth-order valence-electron chi connectivity index (χ4n) is 1.94. The number of nitrogens with zero attached hydrogens (tertiary/aromatic N) is 3. The van der Waals surface area contributed by atoms with Crippen LogP contribution in [0.2, 0.25) is 0 Å². The van der Waals surface area contributed by atoms with E-state index in [0.717, 1.165) is 23.5 Å². The smallest absolute Gasteiger partial charge is 0.143 e. The lowest BCUT2D eigenvalue weighted by Crippen LogP contribution is -2.13. The Hall–Kier alpha value is -0.380. The topological polar surface area (TPSA) is 30.7 Å². The van der Waals surface area contributed by atoms with Crippen LogP contribution in [-0.2, 0) is 11.9 Å². The van der Waals surface area contributed by atoms with Crippen molar-refractivity contribution in [2.24, 2.45) is 5.92 Å². The highest BCUT2D eigenvalue weighted by atomic mass is 79.9. The molecule has 16 heavy (non-hydrogen) atoms. The van der Waals surface area contributed by atoms with E-state index < -0.39 is 0 Å². The molecule has 1 heterocycles. The fourth-order valence-corrected chi connectivity index (χ4v) is 2.35. The van der Waals surface area contributed by atoms with Gasteiger partial charge in [-0.05, 0) is 12.3 Å². The summed E-state index contributed by atoms with van der Waals surface area (Å²) in [6, 6.07) is 0. The predicted molar refractivity (Wildman–Crippen MR) is 70.8 cm³/mol. The first-order valence-corrected chi connectivity index (χ1v) is 7.20. The van der Waals surface area contributed by atoms with Crippen LogP contribution in [0.15, 0.2) is 0 Å². The maximum absolute atomic E-state index is 4.34. The van der Waals surface area contributed by atoms with E-state index in [1.54, 1.807) is 0 Å². The number of hydrogen-bond acceptors (Lipinski definition) is 2. The number of rotatable bonds is 6. The summed E-state index contributed by atoms with van der Waals surface area (Å²) < 4.78 is 2.28. The standard InChI is InChI=1S/C12H22BrN3/c1-5-6-10(4)12-15-14-11(7-13)16(12)8-9(2)3/h9-10H,5-8H2,1-4H3. The van der Waals surface area contributed by atoms with Crippen LogP contribution in [0.5, 0.6) is 0 Å². The highest BCUT2D eigenvalue weighted by Gasteiger charge is 2.17. The van der Waals surface area contributed by atoms with Crippen LogP contribution in [0, 0.1) is 5.92 Å². The molecule has 1 aromatic heterocycles. The molecule has 1 unspecified atom stereocenters. The SMILES string of the molecule is CCCC(C)c1nnc(CBr)n1CC(C)C. The highest BCUT2D eigenvalue weighted by Crippen LogP contribution is 2.21. The molecule has 0 saturated carbocycles. The maximum atomic E-state index is 4.34. The molecule has 0 N–H and O–H groups in total. The van der Waals surface area contributed by atoms with Crippen LogP contribution >= 0.6 is 15.9 Å². The van der Waals surface area contributed by atoms with Crippen molar-refractivity contribution < 1.29 is 0 Å². The van der Waals surface area contributed by atoms with Crippen LogP contribution < -0.4 is 0 Å². The average Bonchev–Trinajstić information content (AvgIpc) is 2.60. The number of aromatic nitrogens is 3. The second kappa shape index (κ2) is 6.38. The fraction of sp³-hybridized carbons (Fsp3) is 0.833. The van der Waals surface area contributed by atoms with Gasteiger partial charge in [-0.15, -0.1) is 10.2 Å². The first kappa shape index (κ1) is 13.7. The van der Waals surface area contributed by atoms with E-state index in [4.69, 9.17) is 0 Å². The van der Waals surface area contributed by atoms with Crippen LogP contribution in [-0.4, -0.2) is 14.8 Å². The summed E-state index contributed by atoms with van der Waals surface area (Å²) in [7, 11) is 0. The quantitative estimate of drug-likeness (QED) is 0.747. The molecule has 0 spiro atoms. The van der Waals surface area contributed by atoms with E-state index in [0.29, 0.717) is 11.8 Å². The number of alkyl halides is 1. The molecule has 0 aliphatic rings. The number of hydrogen-bond donors (Lipinski definition) is 0. The van der Waals surface area contributed by atoms with Gasteiger partial charge in [-0.2, -0.15) is 0 Å². The van der Waals surface area contributed by atoms with Crippen molar-refractivity contribution in [3.63, 3.8) is 0 Å². The molecule has 0 aliphatic heterocycles. The van der Waals surface area contributed by atoms with Gasteiger partial charge in [0.2, 0.25) is 0 Å². The Morgan fingerprint density at radius 1 is 1.25 bits per heavy atom. The Kier molecular flexibility index (Phi) is 5.46. The Bertz CT molecular complexity index is 320. The van der Waals surface area contributed by atoms with Crippen LogP contribution in [0.25, 0.3) is 0 Å². The van der Waals surface area contributed by atoms with Gasteiger partial charge < -0.3 is 4.57 Å². The zero-order valence-electron chi connectivity index (χ0n) is 10.7. The van der Waals surface area contributed by atoms with Gasteiger partial charge in [0.25, 0.3) is 0 Å². The zero-order chi connectivity index (χ0) is 12.1. The van der Waals surface area contributed by atoms with Gasteiger partial charge >= 0.3 is 0 Å². The largest absolute Gasteiger partial charge is 0.314 e. The first-order valence-electron chi connectivity index (χ1n) is 6.08. The normalized spacial score (nSPS) is 13.4. The van der Waals surface area contributed by atoms with Gasteiger partial charge in [0.15, 0.2) is 0 Å². The van der Waals surface area contributed by atoms with E-state index in [-0.39, 0.29) is 0 Å². The molecular formula is C12H22BrN3. The van der Waals surface area contributed by atoms with Gasteiger partial charge in [-0.3, -0.25) is 0 Å². The van der Waals surface area contributed by atoms with Crippen LogP contribution in [0.4, 0.5) is 0 Å². The highest BCUT2D eigenvalue weighted by molar-refractivity contribution is 9.08. The third-order valence-electron chi connectivity index (χ3n) is 2.69. The van der Waals surface area contributed by atoms with Crippen molar-refractivity contribution in [3.8, 4) is 0 Å². The van der Waals surface area contributed by atoms with E-state index in [1.807, 2.05) is 0 Å². The van der Waals surface area contributed by atoms with Crippen molar-refractivity contribution in [2.45, 2.75) is 58.3 Å². The third-order valence-corrected chi connectivity index (χ3v) is 3.19. The molecule has 0 amide bonds. The molecule has 0 aromatic carbocycles. The summed E-state index contributed by atoms with van der Waals surface area (Å²) in [6.45, 7) is 9.92. The molecular weight excluding hydrogens is 266 g/mol. The number of halogens is 1. The molecule has 92 valence electrons. The van der Waals surface area contributed by atoms with Gasteiger partial charge in [0, 0.05) is 12.5 Å². The Labute approximate surface area is 107 Å². The van der Waals surface area contributed by atoms with E-state index in [9.17, 15) is 0 Å². The Morgan fingerprint density at radius 2 is 1.94 bits per heavy atom. The van der Waals surface area contributed by atoms with Gasteiger partial charge in [-0.1, -0.05) is 50.0 Å². The summed E-state index contributed by atoms with van der Waals surface area (Å²) in [6.07, 6.45) is 2.37. The second-order valence-corrected chi connectivity index (χ2v) is 5.36. The molecule has 0 bridgehead atoms. The summed E-state index contributed by atoms with van der Waals surface area (Å²) in [5.74, 6) is 3.32. The molecule has 4 heteroatoms. The summed E-state index contributed by atoms with van der Waals surface area (Å²) >= 11 is 3.48. The average molecular weight is 288 g/mol. The summed E-state index contributed by atoms with van der Waals surface area (Å²) in [4.78, 5) is 0. The summed E-state index contributed by atoms with van der Waals surface area (Å²) in [5, 5.41) is 9.38. The van der Waals surface area contributed by atoms with Gasteiger partial charge in [-0.25, -0.2) is 0 Å². The molecule has 0 radical (unpaired) electrons.